The Morgan fingerprint density at radius 1 is 1.10 bits per heavy atom. The Morgan fingerprint density at radius 3 is 2.40 bits per heavy atom. The highest BCUT2D eigenvalue weighted by Crippen LogP contribution is 2.21. The molecule has 3 aromatic rings. The zero-order chi connectivity index (χ0) is 21.5. The molecule has 1 aliphatic heterocycles. The quantitative estimate of drug-likeness (QED) is 0.396. The highest BCUT2D eigenvalue weighted by atomic mass is 15.3. The van der Waals surface area contributed by atoms with Gasteiger partial charge in [0.05, 0.1) is 5.52 Å². The summed E-state index contributed by atoms with van der Waals surface area (Å²) in [6.07, 6.45) is 1.52. The molecule has 7 nitrogen and oxygen atoms in total. The topological polar surface area (TPSA) is 108 Å². The lowest BCUT2D eigenvalue weighted by atomic mass is 10.1. The van der Waals surface area contributed by atoms with Gasteiger partial charge in [0.1, 0.15) is 11.7 Å². The average molecular weight is 406 g/mol. The van der Waals surface area contributed by atoms with E-state index in [1.165, 1.54) is 11.8 Å². The maximum Gasteiger partial charge on any atom is 0.146 e. The number of piperazine rings is 1. The van der Waals surface area contributed by atoms with E-state index in [-0.39, 0.29) is 0 Å². The van der Waals surface area contributed by atoms with Gasteiger partial charge in [-0.2, -0.15) is 5.10 Å². The van der Waals surface area contributed by atoms with Crippen LogP contribution in [0.25, 0.3) is 10.9 Å². The molecule has 0 unspecified atom stereocenters. The van der Waals surface area contributed by atoms with Gasteiger partial charge in [-0.05, 0) is 38.5 Å². The van der Waals surface area contributed by atoms with Crippen LogP contribution in [0, 0.1) is 20.8 Å². The minimum absolute atomic E-state index is 0.464. The molecule has 158 valence electrons. The monoisotopic (exact) mass is 405 g/mol. The zero-order valence-electron chi connectivity index (χ0n) is 17.9. The van der Waals surface area contributed by atoms with Crippen molar-refractivity contribution in [3.63, 3.8) is 0 Å². The molecule has 0 saturated carbocycles. The average Bonchev–Trinajstić information content (AvgIpc) is 3.15. The van der Waals surface area contributed by atoms with Crippen LogP contribution >= 0.6 is 0 Å². The molecule has 6 N–H and O–H groups in total. The van der Waals surface area contributed by atoms with Gasteiger partial charge < -0.3 is 21.7 Å². The van der Waals surface area contributed by atoms with Crippen molar-refractivity contribution in [3.05, 3.63) is 76.9 Å². The molecule has 0 atom stereocenters. The second-order valence-corrected chi connectivity index (χ2v) is 7.45. The summed E-state index contributed by atoms with van der Waals surface area (Å²) >= 11 is 0. The molecule has 0 aliphatic carbocycles. The summed E-state index contributed by atoms with van der Waals surface area (Å²) in [6.45, 7) is 9.70. The maximum atomic E-state index is 6.24. The summed E-state index contributed by atoms with van der Waals surface area (Å²) in [5, 5.41) is 11.7. The number of hydrogen-bond donors (Lipinski definition) is 4. The number of benzene rings is 2. The van der Waals surface area contributed by atoms with E-state index in [1.807, 2.05) is 44.2 Å². The van der Waals surface area contributed by atoms with Crippen LogP contribution in [0.5, 0.6) is 0 Å². The molecule has 1 aliphatic rings. The fraction of sp³-hybridized carbons (Fsp3) is 0.304. The molecule has 0 bridgehead atoms. The first-order valence-electron chi connectivity index (χ1n) is 10.2. The smallest absolute Gasteiger partial charge is 0.146 e. The van der Waals surface area contributed by atoms with Crippen molar-refractivity contribution >= 4 is 16.7 Å². The SMILES string of the molecule is Cc1[nH]nc2c(C)cc(/C(N)=N/C(=C\N)N3CCNCC3)cc12.Cc1ccccc1. The molecular formula is C23H31N7. The van der Waals surface area contributed by atoms with Gasteiger partial charge in [-0.3, -0.25) is 5.10 Å². The molecule has 0 spiro atoms. The molecule has 2 heterocycles. The number of aromatic amines is 1. The third-order valence-electron chi connectivity index (χ3n) is 5.10. The third kappa shape index (κ3) is 5.18. The lowest BCUT2D eigenvalue weighted by Gasteiger charge is -2.29. The van der Waals surface area contributed by atoms with Crippen molar-refractivity contribution < 1.29 is 0 Å². The van der Waals surface area contributed by atoms with Crippen molar-refractivity contribution in [2.45, 2.75) is 20.8 Å². The summed E-state index contributed by atoms with van der Waals surface area (Å²) in [5.74, 6) is 1.18. The van der Waals surface area contributed by atoms with Gasteiger partial charge in [-0.1, -0.05) is 35.9 Å². The molecular weight excluding hydrogens is 374 g/mol. The number of amidine groups is 1. The first kappa shape index (κ1) is 21.4. The van der Waals surface area contributed by atoms with Crippen molar-refractivity contribution in [3.8, 4) is 0 Å². The number of H-pyrrole nitrogens is 1. The normalized spacial score (nSPS) is 15.1. The molecule has 1 aromatic heterocycles. The molecule has 1 fully saturated rings. The summed E-state index contributed by atoms with van der Waals surface area (Å²) in [7, 11) is 0. The van der Waals surface area contributed by atoms with Crippen LogP contribution in [0.3, 0.4) is 0 Å². The molecule has 2 aromatic carbocycles. The van der Waals surface area contributed by atoms with Gasteiger partial charge in [0, 0.05) is 49.0 Å². The van der Waals surface area contributed by atoms with Gasteiger partial charge in [0.15, 0.2) is 0 Å². The number of aliphatic imine (C=N–C) groups is 1. The molecule has 4 rings (SSSR count). The number of nitrogens with zero attached hydrogens (tertiary/aromatic N) is 3. The standard InChI is InChI=1S/C16H23N7.C7H8/c1-10-7-12(8-13-11(2)21-22-15(10)13)16(18)20-14(9-17)23-5-3-19-4-6-23;1-7-5-3-2-4-6-7/h7-9,19H,3-6,17H2,1-2H3,(H2,18,20)(H,21,22);2-6H,1H3/b14-9+;. The van der Waals surface area contributed by atoms with Crippen LogP contribution in [0.2, 0.25) is 0 Å². The predicted molar refractivity (Wildman–Crippen MR) is 124 cm³/mol. The number of rotatable bonds is 3. The minimum Gasteiger partial charge on any atom is -0.402 e. The van der Waals surface area contributed by atoms with E-state index in [0.29, 0.717) is 11.7 Å². The largest absolute Gasteiger partial charge is 0.402 e. The Labute approximate surface area is 177 Å². The Kier molecular flexibility index (Phi) is 7.08. The summed E-state index contributed by atoms with van der Waals surface area (Å²) in [5.41, 5.74) is 17.3. The van der Waals surface area contributed by atoms with Crippen LogP contribution in [0.1, 0.15) is 22.4 Å². The Bertz CT molecular complexity index is 1030. The van der Waals surface area contributed by atoms with Gasteiger partial charge in [0.2, 0.25) is 0 Å². The molecule has 30 heavy (non-hydrogen) atoms. The number of nitrogens with two attached hydrogens (primary N) is 2. The maximum absolute atomic E-state index is 6.24. The summed E-state index contributed by atoms with van der Waals surface area (Å²) in [4.78, 5) is 6.69. The number of fused-ring (bicyclic) bond motifs is 1. The molecule has 0 amide bonds. The van der Waals surface area contributed by atoms with Crippen molar-refractivity contribution in [1.82, 2.24) is 20.4 Å². The van der Waals surface area contributed by atoms with E-state index in [2.05, 4.69) is 44.5 Å². The van der Waals surface area contributed by atoms with E-state index in [0.717, 1.165) is 53.9 Å². The number of nitrogens with one attached hydrogen (secondary N) is 2. The predicted octanol–water partition coefficient (Wildman–Crippen LogP) is 2.54. The van der Waals surface area contributed by atoms with Crippen molar-refractivity contribution in [1.29, 1.82) is 0 Å². The first-order chi connectivity index (χ1) is 14.5. The van der Waals surface area contributed by atoms with Crippen LogP contribution in [-0.2, 0) is 0 Å². The lowest BCUT2D eigenvalue weighted by molar-refractivity contribution is 0.296. The number of hydrogen-bond acceptors (Lipinski definition) is 5. The van der Waals surface area contributed by atoms with E-state index < -0.39 is 0 Å². The highest BCUT2D eigenvalue weighted by molar-refractivity contribution is 6.02. The second-order valence-electron chi connectivity index (χ2n) is 7.45. The fourth-order valence-corrected chi connectivity index (χ4v) is 3.39. The van der Waals surface area contributed by atoms with E-state index >= 15 is 0 Å². The van der Waals surface area contributed by atoms with E-state index in [9.17, 15) is 0 Å². The van der Waals surface area contributed by atoms with Crippen molar-refractivity contribution in [2.24, 2.45) is 16.5 Å². The van der Waals surface area contributed by atoms with E-state index in [4.69, 9.17) is 11.5 Å². The highest BCUT2D eigenvalue weighted by Gasteiger charge is 2.14. The van der Waals surface area contributed by atoms with Gasteiger partial charge in [0.25, 0.3) is 0 Å². The first-order valence-corrected chi connectivity index (χ1v) is 10.2. The Balaban J connectivity index is 0.000000310. The second kappa shape index (κ2) is 9.93. The van der Waals surface area contributed by atoms with Gasteiger partial charge >= 0.3 is 0 Å². The van der Waals surface area contributed by atoms with Gasteiger partial charge in [-0.25, -0.2) is 4.99 Å². The third-order valence-corrected chi connectivity index (χ3v) is 5.10. The zero-order valence-corrected chi connectivity index (χ0v) is 17.9. The van der Waals surface area contributed by atoms with Crippen LogP contribution in [-0.4, -0.2) is 47.1 Å². The minimum atomic E-state index is 0.464. The summed E-state index contributed by atoms with van der Waals surface area (Å²) in [6, 6.07) is 14.3. The van der Waals surface area contributed by atoms with Crippen LogP contribution in [0.15, 0.2) is 59.5 Å². The fourth-order valence-electron chi connectivity index (χ4n) is 3.39. The van der Waals surface area contributed by atoms with Crippen molar-refractivity contribution in [2.75, 3.05) is 26.2 Å². The lowest BCUT2D eigenvalue weighted by Crippen LogP contribution is -2.43. The number of aryl methyl sites for hydroxylation is 3. The Hall–Kier alpha value is -3.32. The molecule has 1 saturated heterocycles. The van der Waals surface area contributed by atoms with Gasteiger partial charge in [-0.15, -0.1) is 0 Å². The van der Waals surface area contributed by atoms with Crippen LogP contribution < -0.4 is 16.8 Å². The molecule has 0 radical (unpaired) electrons. The Morgan fingerprint density at radius 2 is 1.80 bits per heavy atom. The van der Waals surface area contributed by atoms with E-state index in [1.54, 1.807) is 0 Å². The molecule has 7 heteroatoms. The van der Waals surface area contributed by atoms with Crippen LogP contribution in [0.4, 0.5) is 0 Å². The number of aromatic nitrogens is 2. The summed E-state index contributed by atoms with van der Waals surface area (Å²) < 4.78 is 0.